The van der Waals surface area contributed by atoms with Crippen LogP contribution in [0.2, 0.25) is 0 Å². The molecular formula is C24H34O7. The van der Waals surface area contributed by atoms with Gasteiger partial charge in [-0.25, -0.2) is 0 Å². The number of benzene rings is 1. The smallest absolute Gasteiger partial charge is 0.309 e. The van der Waals surface area contributed by atoms with Crippen LogP contribution in [-0.4, -0.2) is 37.5 Å². The Kier molecular flexibility index (Phi) is 7.02. The van der Waals surface area contributed by atoms with E-state index in [4.69, 9.17) is 0 Å². The van der Waals surface area contributed by atoms with Crippen LogP contribution in [0.25, 0.3) is 0 Å². The van der Waals surface area contributed by atoms with Gasteiger partial charge >= 0.3 is 11.9 Å². The lowest BCUT2D eigenvalue weighted by atomic mass is 9.94. The zero-order valence-corrected chi connectivity index (χ0v) is 18.0. The minimum Gasteiger partial charge on any atom is -0.504 e. The molecule has 0 radical (unpaired) electrons. The summed E-state index contributed by atoms with van der Waals surface area (Å²) in [5.74, 6) is -2.49. The highest BCUT2D eigenvalue weighted by molar-refractivity contribution is 5.78. The van der Waals surface area contributed by atoms with Gasteiger partial charge < -0.3 is 25.5 Å². The number of carboxylic acid groups (broad SMARTS) is 2. The fourth-order valence-corrected chi connectivity index (χ4v) is 4.50. The summed E-state index contributed by atoms with van der Waals surface area (Å²) in [5.41, 5.74) is 0.147. The van der Waals surface area contributed by atoms with Gasteiger partial charge in [0.1, 0.15) is 0 Å². The van der Waals surface area contributed by atoms with Crippen LogP contribution in [-0.2, 0) is 22.4 Å². The molecule has 0 amide bonds. The Morgan fingerprint density at radius 2 is 1.03 bits per heavy atom. The van der Waals surface area contributed by atoms with E-state index < -0.39 is 28.5 Å². The van der Waals surface area contributed by atoms with Crippen LogP contribution in [0.5, 0.6) is 17.2 Å². The standard InChI is InChI=1S/C24H34O7/c25-18-16(7-3-1-2-5-9-23(11-12-23)21(28)29)15-17(19(26)20(18)27)8-4-6-10-24(13-14-24)22(30)31/h15,25-27H,1-14H2,(H,28,29)(H,30,31). The lowest BCUT2D eigenvalue weighted by Crippen LogP contribution is -2.14. The van der Waals surface area contributed by atoms with Gasteiger partial charge in [-0.1, -0.05) is 25.7 Å². The van der Waals surface area contributed by atoms with E-state index in [1.54, 1.807) is 6.07 Å². The van der Waals surface area contributed by atoms with Gasteiger partial charge in [0, 0.05) is 0 Å². The molecule has 7 heteroatoms. The normalized spacial score (nSPS) is 17.9. The first-order valence-corrected chi connectivity index (χ1v) is 11.4. The molecule has 31 heavy (non-hydrogen) atoms. The second kappa shape index (κ2) is 9.37. The number of hydrogen-bond donors (Lipinski definition) is 5. The van der Waals surface area contributed by atoms with Gasteiger partial charge in [-0.05, 0) is 81.4 Å². The SMILES string of the molecule is O=C(O)C1(CCCCCCc2cc(CCCCC3(C(=O)O)CC3)c(O)c(O)c2O)CC1. The van der Waals surface area contributed by atoms with Crippen molar-refractivity contribution < 1.29 is 35.1 Å². The van der Waals surface area contributed by atoms with Crippen LogP contribution in [0.15, 0.2) is 6.07 Å². The van der Waals surface area contributed by atoms with Crippen molar-refractivity contribution in [2.75, 3.05) is 0 Å². The number of phenolic OH excluding ortho intramolecular Hbond substituents is 3. The van der Waals surface area contributed by atoms with Crippen LogP contribution in [0.1, 0.15) is 88.2 Å². The quantitative estimate of drug-likeness (QED) is 0.211. The average Bonchev–Trinajstić information content (AvgIpc) is 3.64. The fourth-order valence-electron chi connectivity index (χ4n) is 4.50. The second-order valence-electron chi connectivity index (χ2n) is 9.53. The Morgan fingerprint density at radius 3 is 1.45 bits per heavy atom. The second-order valence-corrected chi connectivity index (χ2v) is 9.53. The number of rotatable bonds is 14. The highest BCUT2D eigenvalue weighted by Crippen LogP contribution is 2.51. The van der Waals surface area contributed by atoms with E-state index in [2.05, 4.69) is 0 Å². The Labute approximate surface area is 182 Å². The van der Waals surface area contributed by atoms with Crippen molar-refractivity contribution in [2.45, 2.75) is 89.9 Å². The summed E-state index contributed by atoms with van der Waals surface area (Å²) >= 11 is 0. The minimum absolute atomic E-state index is 0.285. The van der Waals surface area contributed by atoms with E-state index in [9.17, 15) is 35.1 Å². The van der Waals surface area contributed by atoms with Crippen molar-refractivity contribution in [2.24, 2.45) is 10.8 Å². The monoisotopic (exact) mass is 434 g/mol. The molecule has 7 nitrogen and oxygen atoms in total. The zero-order chi connectivity index (χ0) is 22.6. The van der Waals surface area contributed by atoms with Crippen LogP contribution < -0.4 is 0 Å². The van der Waals surface area contributed by atoms with Crippen molar-refractivity contribution >= 4 is 11.9 Å². The Balaban J connectivity index is 1.44. The summed E-state index contributed by atoms with van der Waals surface area (Å²) in [6, 6.07) is 1.73. The number of phenols is 3. The molecule has 5 N–H and O–H groups in total. The van der Waals surface area contributed by atoms with Crippen molar-refractivity contribution in [3.63, 3.8) is 0 Å². The zero-order valence-electron chi connectivity index (χ0n) is 18.0. The third-order valence-corrected chi connectivity index (χ3v) is 7.22. The van der Waals surface area contributed by atoms with Crippen molar-refractivity contribution in [3.05, 3.63) is 17.2 Å². The van der Waals surface area contributed by atoms with E-state index in [1.165, 1.54) is 0 Å². The van der Waals surface area contributed by atoms with Crippen LogP contribution >= 0.6 is 0 Å². The minimum atomic E-state index is -0.727. The molecule has 0 aromatic heterocycles. The number of unbranched alkanes of at least 4 members (excludes halogenated alkanes) is 4. The topological polar surface area (TPSA) is 135 Å². The van der Waals surface area contributed by atoms with Gasteiger partial charge in [0.15, 0.2) is 11.5 Å². The Bertz CT molecular complexity index is 822. The van der Waals surface area contributed by atoms with Crippen LogP contribution in [0.4, 0.5) is 0 Å². The molecule has 0 unspecified atom stereocenters. The molecule has 0 heterocycles. The maximum Gasteiger partial charge on any atom is 0.309 e. The molecule has 0 saturated heterocycles. The largest absolute Gasteiger partial charge is 0.504 e. The van der Waals surface area contributed by atoms with Crippen LogP contribution in [0.3, 0.4) is 0 Å². The molecule has 1 aromatic carbocycles. The highest BCUT2D eigenvalue weighted by Gasteiger charge is 2.49. The number of carbonyl (C=O) groups is 2. The Morgan fingerprint density at radius 1 is 0.645 bits per heavy atom. The van der Waals surface area contributed by atoms with E-state index >= 15 is 0 Å². The molecule has 3 rings (SSSR count). The van der Waals surface area contributed by atoms with Crippen molar-refractivity contribution in [1.29, 1.82) is 0 Å². The summed E-state index contributed by atoms with van der Waals surface area (Å²) in [6.45, 7) is 0. The first kappa shape index (κ1) is 23.2. The molecule has 0 atom stereocenters. The molecule has 2 aliphatic rings. The Hall–Kier alpha value is -2.44. The fraction of sp³-hybridized carbons (Fsp3) is 0.667. The maximum atomic E-state index is 11.2. The molecule has 0 bridgehead atoms. The van der Waals surface area contributed by atoms with Gasteiger partial charge in [-0.3, -0.25) is 9.59 Å². The highest BCUT2D eigenvalue weighted by atomic mass is 16.4. The van der Waals surface area contributed by atoms with E-state index in [0.29, 0.717) is 36.8 Å². The van der Waals surface area contributed by atoms with Crippen LogP contribution in [0, 0.1) is 10.8 Å². The molecule has 2 aliphatic carbocycles. The maximum absolute atomic E-state index is 11.2. The number of hydrogen-bond acceptors (Lipinski definition) is 5. The lowest BCUT2D eigenvalue weighted by molar-refractivity contribution is -0.144. The summed E-state index contributed by atoms with van der Waals surface area (Å²) in [5, 5.41) is 48.9. The average molecular weight is 435 g/mol. The summed E-state index contributed by atoms with van der Waals surface area (Å²) in [6.07, 6.45) is 10.4. The number of aryl methyl sites for hydroxylation is 2. The van der Waals surface area contributed by atoms with Crippen molar-refractivity contribution in [3.8, 4) is 17.2 Å². The molecule has 1 aromatic rings. The lowest BCUT2D eigenvalue weighted by Gasteiger charge is -2.14. The van der Waals surface area contributed by atoms with Crippen molar-refractivity contribution in [1.82, 2.24) is 0 Å². The predicted molar refractivity (Wildman–Crippen MR) is 114 cm³/mol. The molecule has 0 aliphatic heterocycles. The van der Waals surface area contributed by atoms with Gasteiger partial charge in [-0.2, -0.15) is 0 Å². The third-order valence-electron chi connectivity index (χ3n) is 7.22. The molecule has 0 spiro atoms. The number of carboxylic acids is 2. The summed E-state index contributed by atoms with van der Waals surface area (Å²) < 4.78 is 0. The molecule has 2 saturated carbocycles. The third kappa shape index (κ3) is 5.43. The van der Waals surface area contributed by atoms with Gasteiger partial charge in [0.2, 0.25) is 5.75 Å². The number of aliphatic carboxylic acids is 2. The van der Waals surface area contributed by atoms with Gasteiger partial charge in [-0.15, -0.1) is 0 Å². The summed E-state index contributed by atoms with van der Waals surface area (Å²) in [7, 11) is 0. The van der Waals surface area contributed by atoms with E-state index in [1.807, 2.05) is 0 Å². The van der Waals surface area contributed by atoms with E-state index in [-0.39, 0.29) is 11.5 Å². The predicted octanol–water partition coefficient (Wildman–Crippen LogP) is 4.74. The number of aromatic hydroxyl groups is 3. The van der Waals surface area contributed by atoms with E-state index in [0.717, 1.165) is 64.2 Å². The van der Waals surface area contributed by atoms with Gasteiger partial charge in [0.25, 0.3) is 0 Å². The first-order valence-electron chi connectivity index (χ1n) is 11.4. The molecule has 2 fully saturated rings. The molecule has 172 valence electrons. The summed E-state index contributed by atoms with van der Waals surface area (Å²) in [4.78, 5) is 22.4. The first-order chi connectivity index (χ1) is 14.7. The van der Waals surface area contributed by atoms with Gasteiger partial charge in [0.05, 0.1) is 10.8 Å². The molecular weight excluding hydrogens is 400 g/mol.